The number of rotatable bonds is 6. The number of para-hydroxylation sites is 1. The smallest absolute Gasteiger partial charge is 0.321 e. The molecule has 21 heavy (non-hydrogen) atoms. The number of carbonyl (C=O) groups is 1. The van der Waals surface area contributed by atoms with Gasteiger partial charge in [-0.3, -0.25) is 4.79 Å². The van der Waals surface area contributed by atoms with E-state index in [9.17, 15) is 4.79 Å². The fourth-order valence-corrected chi connectivity index (χ4v) is 2.76. The van der Waals surface area contributed by atoms with Gasteiger partial charge in [-0.2, -0.15) is 5.10 Å². The minimum Gasteiger partial charge on any atom is -0.480 e. The number of nitrogens with zero attached hydrogens (tertiary/aromatic N) is 2. The van der Waals surface area contributed by atoms with Gasteiger partial charge in [-0.25, -0.2) is 4.68 Å². The molecule has 6 heteroatoms. The zero-order valence-electron chi connectivity index (χ0n) is 12.1. The van der Waals surface area contributed by atoms with Crippen LogP contribution in [0, 0.1) is 0 Å². The van der Waals surface area contributed by atoms with E-state index in [0.29, 0.717) is 5.75 Å². The lowest BCUT2D eigenvalue weighted by molar-refractivity contribution is -0.139. The third-order valence-electron chi connectivity index (χ3n) is 3.27. The van der Waals surface area contributed by atoms with E-state index in [2.05, 4.69) is 5.10 Å². The first-order valence-corrected chi connectivity index (χ1v) is 7.61. The maximum atomic E-state index is 11.0. The molecule has 0 aliphatic rings. The van der Waals surface area contributed by atoms with Crippen molar-refractivity contribution < 1.29 is 9.90 Å². The van der Waals surface area contributed by atoms with Crippen molar-refractivity contribution in [3.8, 4) is 5.69 Å². The lowest BCUT2D eigenvalue weighted by Crippen LogP contribution is -2.46. The van der Waals surface area contributed by atoms with Crippen molar-refractivity contribution in [2.45, 2.75) is 30.4 Å². The lowest BCUT2D eigenvalue weighted by atomic mass is 10.1. The highest BCUT2D eigenvalue weighted by Gasteiger charge is 2.32. The quantitative estimate of drug-likeness (QED) is 0.856. The van der Waals surface area contributed by atoms with Crippen molar-refractivity contribution in [2.24, 2.45) is 5.73 Å². The minimum absolute atomic E-state index is 0.553. The van der Waals surface area contributed by atoms with Gasteiger partial charge >= 0.3 is 5.97 Å². The van der Waals surface area contributed by atoms with Crippen LogP contribution in [0.15, 0.2) is 42.6 Å². The monoisotopic (exact) mass is 305 g/mol. The van der Waals surface area contributed by atoms with Crippen LogP contribution in [0.4, 0.5) is 0 Å². The molecule has 0 fully saturated rings. The summed E-state index contributed by atoms with van der Waals surface area (Å²) in [6, 6.07) is 10.9. The van der Waals surface area contributed by atoms with Crippen LogP contribution in [0.3, 0.4) is 0 Å². The van der Waals surface area contributed by atoms with E-state index in [0.717, 1.165) is 11.4 Å². The molecule has 0 saturated heterocycles. The Balaban J connectivity index is 2.02. The summed E-state index contributed by atoms with van der Waals surface area (Å²) in [7, 11) is 0. The summed E-state index contributed by atoms with van der Waals surface area (Å²) in [5, 5.41) is 13.5. The topological polar surface area (TPSA) is 81.1 Å². The molecule has 2 aromatic rings. The third-order valence-corrected chi connectivity index (χ3v) is 4.71. The van der Waals surface area contributed by atoms with Crippen LogP contribution >= 0.6 is 11.8 Å². The SMILES string of the molecule is CC(C)(SCc1ccn(-c2ccccc2)n1)[C@@H](N)C(=O)O. The van der Waals surface area contributed by atoms with Gasteiger partial charge in [0.05, 0.1) is 11.4 Å². The van der Waals surface area contributed by atoms with Gasteiger partial charge in [0.25, 0.3) is 0 Å². The van der Waals surface area contributed by atoms with Crippen molar-refractivity contribution in [1.82, 2.24) is 9.78 Å². The van der Waals surface area contributed by atoms with Gasteiger partial charge in [-0.15, -0.1) is 11.8 Å². The molecule has 0 aliphatic heterocycles. The summed E-state index contributed by atoms with van der Waals surface area (Å²) in [5.74, 6) is -0.365. The van der Waals surface area contributed by atoms with Gasteiger partial charge in [0, 0.05) is 16.7 Å². The number of aliphatic carboxylic acids is 1. The van der Waals surface area contributed by atoms with Gasteiger partial charge < -0.3 is 10.8 Å². The Labute approximate surface area is 128 Å². The summed E-state index contributed by atoms with van der Waals surface area (Å²) in [5.41, 5.74) is 7.60. The summed E-state index contributed by atoms with van der Waals surface area (Å²) in [4.78, 5) is 11.0. The van der Waals surface area contributed by atoms with E-state index >= 15 is 0 Å². The number of carboxylic acid groups (broad SMARTS) is 1. The Kier molecular flexibility index (Phi) is 4.69. The maximum absolute atomic E-state index is 11.0. The van der Waals surface area contributed by atoms with E-state index in [-0.39, 0.29) is 0 Å². The molecule has 5 nitrogen and oxygen atoms in total. The Bertz CT molecular complexity index is 610. The molecule has 0 radical (unpaired) electrons. The van der Waals surface area contributed by atoms with Gasteiger partial charge in [0.2, 0.25) is 0 Å². The molecular weight excluding hydrogens is 286 g/mol. The van der Waals surface area contributed by atoms with Crippen LogP contribution in [-0.2, 0) is 10.5 Å². The second kappa shape index (κ2) is 6.32. The zero-order chi connectivity index (χ0) is 15.5. The van der Waals surface area contributed by atoms with Crippen LogP contribution in [0.5, 0.6) is 0 Å². The Hall–Kier alpha value is -1.79. The van der Waals surface area contributed by atoms with Crippen LogP contribution in [0.25, 0.3) is 5.69 Å². The molecular formula is C15H19N3O2S. The Morgan fingerprint density at radius 3 is 2.67 bits per heavy atom. The van der Waals surface area contributed by atoms with Crippen LogP contribution in [0.1, 0.15) is 19.5 Å². The first-order chi connectivity index (χ1) is 9.90. The van der Waals surface area contributed by atoms with Crippen molar-refractivity contribution in [3.05, 3.63) is 48.3 Å². The molecule has 0 spiro atoms. The fourth-order valence-electron chi connectivity index (χ4n) is 1.81. The molecule has 112 valence electrons. The molecule has 0 aliphatic carbocycles. The van der Waals surface area contributed by atoms with Crippen molar-refractivity contribution in [3.63, 3.8) is 0 Å². The maximum Gasteiger partial charge on any atom is 0.321 e. The summed E-state index contributed by atoms with van der Waals surface area (Å²) in [6.45, 7) is 3.68. The number of carboxylic acids is 1. The zero-order valence-corrected chi connectivity index (χ0v) is 12.9. The van der Waals surface area contributed by atoms with Gasteiger partial charge in [0.15, 0.2) is 0 Å². The van der Waals surface area contributed by atoms with Crippen molar-refractivity contribution in [1.29, 1.82) is 0 Å². The number of benzene rings is 1. The summed E-state index contributed by atoms with van der Waals surface area (Å²) in [6.07, 6.45) is 1.90. The predicted octanol–water partition coefficient (Wildman–Crippen LogP) is 2.30. The van der Waals surface area contributed by atoms with Gasteiger partial charge in [-0.1, -0.05) is 18.2 Å². The lowest BCUT2D eigenvalue weighted by Gasteiger charge is -2.27. The second-order valence-electron chi connectivity index (χ2n) is 5.30. The third kappa shape index (κ3) is 3.86. The normalized spacial score (nSPS) is 13.1. The highest BCUT2D eigenvalue weighted by Crippen LogP contribution is 2.30. The highest BCUT2D eigenvalue weighted by atomic mass is 32.2. The van der Waals surface area contributed by atoms with Gasteiger partial charge in [-0.05, 0) is 32.0 Å². The van der Waals surface area contributed by atoms with E-state index in [4.69, 9.17) is 10.8 Å². The number of hydrogen-bond acceptors (Lipinski definition) is 4. The average Bonchev–Trinajstić information content (AvgIpc) is 2.94. The molecule has 1 atom stereocenters. The Morgan fingerprint density at radius 2 is 2.05 bits per heavy atom. The molecule has 0 bridgehead atoms. The first-order valence-electron chi connectivity index (χ1n) is 6.62. The Morgan fingerprint density at radius 1 is 1.38 bits per heavy atom. The van der Waals surface area contributed by atoms with E-state index < -0.39 is 16.8 Å². The highest BCUT2D eigenvalue weighted by molar-refractivity contribution is 7.99. The molecule has 1 heterocycles. The predicted molar refractivity (Wildman–Crippen MR) is 84.5 cm³/mol. The molecule has 0 saturated carbocycles. The van der Waals surface area contributed by atoms with Gasteiger partial charge in [0.1, 0.15) is 6.04 Å². The molecule has 1 aromatic heterocycles. The average molecular weight is 305 g/mol. The summed E-state index contributed by atoms with van der Waals surface area (Å²) >= 11 is 1.50. The van der Waals surface area contributed by atoms with E-state index in [1.54, 1.807) is 4.68 Å². The van der Waals surface area contributed by atoms with E-state index in [1.807, 2.05) is 56.4 Å². The second-order valence-corrected chi connectivity index (χ2v) is 6.92. The molecule has 0 amide bonds. The standard InChI is InChI=1S/C15H19N3O2S/c1-15(2,13(16)14(19)20)21-10-11-8-9-18(17-11)12-6-4-3-5-7-12/h3-9,13H,10,16H2,1-2H3,(H,19,20)/t13-/m0/s1. The molecule has 2 rings (SSSR count). The number of hydrogen-bond donors (Lipinski definition) is 2. The number of aromatic nitrogens is 2. The molecule has 0 unspecified atom stereocenters. The van der Waals surface area contributed by atoms with Crippen LogP contribution < -0.4 is 5.73 Å². The molecule has 3 N–H and O–H groups in total. The van der Waals surface area contributed by atoms with Crippen molar-refractivity contribution >= 4 is 17.7 Å². The minimum atomic E-state index is -0.984. The fraction of sp³-hybridized carbons (Fsp3) is 0.333. The van der Waals surface area contributed by atoms with Crippen LogP contribution in [0.2, 0.25) is 0 Å². The van der Waals surface area contributed by atoms with Crippen LogP contribution in [-0.4, -0.2) is 31.6 Å². The van der Waals surface area contributed by atoms with Crippen molar-refractivity contribution in [2.75, 3.05) is 0 Å². The number of nitrogens with two attached hydrogens (primary N) is 1. The first kappa shape index (κ1) is 15.6. The summed E-state index contributed by atoms with van der Waals surface area (Å²) < 4.78 is 1.25. The molecule has 1 aromatic carbocycles. The number of thioether (sulfide) groups is 1. The van der Waals surface area contributed by atoms with E-state index in [1.165, 1.54) is 11.8 Å². The largest absolute Gasteiger partial charge is 0.480 e.